The van der Waals surface area contributed by atoms with Gasteiger partial charge in [-0.15, -0.1) is 0 Å². The van der Waals surface area contributed by atoms with Crippen LogP contribution in [0.4, 0.5) is 0 Å². The number of likely N-dealkylation sites (tertiary alicyclic amines) is 1. The highest BCUT2D eigenvalue weighted by Crippen LogP contribution is 2.23. The number of methoxy groups -OCH3 is 1. The number of benzene rings is 1. The second-order valence-corrected chi connectivity index (χ2v) is 6.50. The molecule has 0 spiro atoms. The van der Waals surface area contributed by atoms with E-state index in [1.165, 1.54) is 0 Å². The summed E-state index contributed by atoms with van der Waals surface area (Å²) >= 11 is 0. The Morgan fingerprint density at radius 3 is 3.08 bits per heavy atom. The van der Waals surface area contributed by atoms with Crippen LogP contribution in [0, 0.1) is 0 Å². The number of carbonyl (C=O) groups is 1. The van der Waals surface area contributed by atoms with Crippen LogP contribution in [-0.2, 0) is 11.2 Å². The van der Waals surface area contributed by atoms with Gasteiger partial charge in [-0.3, -0.25) is 4.79 Å². The van der Waals surface area contributed by atoms with Crippen molar-refractivity contribution in [2.24, 2.45) is 0 Å². The van der Waals surface area contributed by atoms with E-state index in [1.807, 2.05) is 23.1 Å². The average Bonchev–Trinajstić information content (AvgIpc) is 3.02. The van der Waals surface area contributed by atoms with Crippen LogP contribution in [-0.4, -0.2) is 42.1 Å². The van der Waals surface area contributed by atoms with E-state index in [0.717, 1.165) is 62.1 Å². The Kier molecular flexibility index (Phi) is 5.51. The zero-order valence-corrected chi connectivity index (χ0v) is 14.6. The van der Waals surface area contributed by atoms with Crippen LogP contribution < -0.4 is 0 Å². The Bertz CT molecular complexity index is 693. The van der Waals surface area contributed by atoms with Crippen molar-refractivity contribution in [3.05, 3.63) is 29.7 Å². The monoisotopic (exact) mass is 330 g/mol. The first kappa shape index (κ1) is 17.0. The van der Waals surface area contributed by atoms with Crippen molar-refractivity contribution in [2.45, 2.75) is 51.5 Å². The van der Waals surface area contributed by atoms with Crippen molar-refractivity contribution < 1.29 is 13.9 Å². The topological polar surface area (TPSA) is 55.6 Å². The summed E-state index contributed by atoms with van der Waals surface area (Å²) < 4.78 is 11.0. The average molecular weight is 330 g/mol. The Labute approximate surface area is 143 Å². The number of hydrogen-bond donors (Lipinski definition) is 0. The molecule has 5 heteroatoms. The fourth-order valence-electron chi connectivity index (χ4n) is 3.34. The second kappa shape index (κ2) is 7.79. The molecule has 3 rings (SSSR count). The fraction of sp³-hybridized carbons (Fsp3) is 0.579. The Morgan fingerprint density at radius 2 is 2.29 bits per heavy atom. The molecule has 1 aromatic carbocycles. The van der Waals surface area contributed by atoms with Gasteiger partial charge in [-0.25, -0.2) is 4.98 Å². The van der Waals surface area contributed by atoms with Crippen LogP contribution in [0.2, 0.25) is 0 Å². The smallest absolute Gasteiger partial charge is 0.254 e. The van der Waals surface area contributed by atoms with E-state index in [9.17, 15) is 4.79 Å². The number of rotatable bonds is 6. The molecule has 1 fully saturated rings. The quantitative estimate of drug-likeness (QED) is 0.808. The van der Waals surface area contributed by atoms with Gasteiger partial charge in [0.25, 0.3) is 5.91 Å². The van der Waals surface area contributed by atoms with Gasteiger partial charge in [-0.05, 0) is 43.9 Å². The molecule has 0 bridgehead atoms. The summed E-state index contributed by atoms with van der Waals surface area (Å²) in [5.74, 6) is 0.823. The Balaban J connectivity index is 1.80. The first-order valence-electron chi connectivity index (χ1n) is 8.92. The van der Waals surface area contributed by atoms with E-state index in [-0.39, 0.29) is 11.9 Å². The maximum Gasteiger partial charge on any atom is 0.254 e. The van der Waals surface area contributed by atoms with Crippen molar-refractivity contribution in [3.63, 3.8) is 0 Å². The van der Waals surface area contributed by atoms with Gasteiger partial charge >= 0.3 is 0 Å². The van der Waals surface area contributed by atoms with Crippen molar-refractivity contribution >= 4 is 17.0 Å². The molecule has 1 aliphatic rings. The first-order chi connectivity index (χ1) is 11.7. The fourth-order valence-corrected chi connectivity index (χ4v) is 3.34. The van der Waals surface area contributed by atoms with Crippen LogP contribution in [0.5, 0.6) is 0 Å². The summed E-state index contributed by atoms with van der Waals surface area (Å²) in [4.78, 5) is 19.4. The van der Waals surface area contributed by atoms with E-state index in [4.69, 9.17) is 9.15 Å². The van der Waals surface area contributed by atoms with E-state index in [0.29, 0.717) is 12.2 Å². The summed E-state index contributed by atoms with van der Waals surface area (Å²) in [6.07, 6.45) is 6.23. The van der Waals surface area contributed by atoms with Crippen LogP contribution in [0.25, 0.3) is 11.1 Å². The van der Waals surface area contributed by atoms with Gasteiger partial charge in [0.2, 0.25) is 0 Å². The molecule has 0 N–H and O–H groups in total. The number of oxazole rings is 1. The third-order valence-electron chi connectivity index (χ3n) is 4.67. The summed E-state index contributed by atoms with van der Waals surface area (Å²) in [5.41, 5.74) is 2.21. The number of fused-ring (bicyclic) bond motifs is 1. The lowest BCUT2D eigenvalue weighted by Gasteiger charge is -2.35. The summed E-state index contributed by atoms with van der Waals surface area (Å²) in [6.45, 7) is 3.54. The van der Waals surface area contributed by atoms with E-state index < -0.39 is 0 Å². The third kappa shape index (κ3) is 3.61. The van der Waals surface area contributed by atoms with Crippen molar-refractivity contribution in [3.8, 4) is 0 Å². The van der Waals surface area contributed by atoms with Gasteiger partial charge in [0.1, 0.15) is 5.52 Å². The van der Waals surface area contributed by atoms with E-state index >= 15 is 0 Å². The summed E-state index contributed by atoms with van der Waals surface area (Å²) in [6, 6.07) is 5.73. The molecule has 0 saturated carbocycles. The molecular weight excluding hydrogens is 304 g/mol. The molecular formula is C19H26N2O3. The molecule has 130 valence electrons. The lowest BCUT2D eigenvalue weighted by molar-refractivity contribution is 0.0428. The molecule has 0 radical (unpaired) electrons. The van der Waals surface area contributed by atoms with Crippen LogP contribution >= 0.6 is 0 Å². The lowest BCUT2D eigenvalue weighted by Crippen LogP contribution is -2.46. The normalized spacial score (nSPS) is 18.2. The number of hydrogen-bond acceptors (Lipinski definition) is 4. The second-order valence-electron chi connectivity index (χ2n) is 6.50. The highest BCUT2D eigenvalue weighted by atomic mass is 16.5. The number of ether oxygens (including phenoxy) is 1. The van der Waals surface area contributed by atoms with Crippen molar-refractivity contribution in [1.82, 2.24) is 9.88 Å². The molecule has 24 heavy (non-hydrogen) atoms. The number of aromatic nitrogens is 1. The van der Waals surface area contributed by atoms with Gasteiger partial charge in [0.05, 0.1) is 12.6 Å². The molecule has 2 aromatic rings. The number of aryl methyl sites for hydroxylation is 1. The zero-order chi connectivity index (χ0) is 16.9. The molecule has 1 atom stereocenters. The summed E-state index contributed by atoms with van der Waals surface area (Å²) in [7, 11) is 1.69. The molecule has 5 nitrogen and oxygen atoms in total. The Hall–Kier alpha value is -1.88. The Morgan fingerprint density at radius 1 is 1.42 bits per heavy atom. The number of nitrogens with zero attached hydrogens (tertiary/aromatic N) is 2. The first-order valence-corrected chi connectivity index (χ1v) is 8.92. The predicted octanol–water partition coefficient (Wildman–Crippen LogP) is 3.81. The standard InChI is InChI=1S/C19H26N2O3/c1-3-4-8-18-20-16-12-14(9-10-17(16)24-18)19(22)21-11-6-5-7-15(21)13-23-2/h9-10,12,15H,3-8,11,13H2,1-2H3/t15-/m0/s1. The minimum absolute atomic E-state index is 0.0664. The number of amides is 1. The largest absolute Gasteiger partial charge is 0.441 e. The molecule has 1 saturated heterocycles. The molecule has 0 aliphatic carbocycles. The van der Waals surface area contributed by atoms with E-state index in [2.05, 4.69) is 11.9 Å². The number of piperidine rings is 1. The van der Waals surface area contributed by atoms with Gasteiger partial charge in [0.15, 0.2) is 11.5 Å². The van der Waals surface area contributed by atoms with Crippen LogP contribution in [0.1, 0.15) is 55.3 Å². The molecule has 1 aliphatic heterocycles. The molecule has 1 amide bonds. The number of unbranched alkanes of at least 4 members (excludes halogenated alkanes) is 1. The van der Waals surface area contributed by atoms with Gasteiger partial charge < -0.3 is 14.1 Å². The minimum atomic E-state index is 0.0664. The van der Waals surface area contributed by atoms with Gasteiger partial charge in [-0.1, -0.05) is 13.3 Å². The van der Waals surface area contributed by atoms with Gasteiger partial charge in [0, 0.05) is 25.6 Å². The zero-order valence-electron chi connectivity index (χ0n) is 14.6. The SMILES string of the molecule is CCCCc1nc2cc(C(=O)N3CCCC[C@H]3COC)ccc2o1. The van der Waals surface area contributed by atoms with Gasteiger partial charge in [-0.2, -0.15) is 0 Å². The van der Waals surface area contributed by atoms with Crippen molar-refractivity contribution in [2.75, 3.05) is 20.3 Å². The molecule has 2 heterocycles. The van der Waals surface area contributed by atoms with Crippen molar-refractivity contribution in [1.29, 1.82) is 0 Å². The molecule has 1 aromatic heterocycles. The maximum absolute atomic E-state index is 12.9. The van der Waals surface area contributed by atoms with E-state index in [1.54, 1.807) is 7.11 Å². The lowest BCUT2D eigenvalue weighted by atomic mass is 10.0. The highest BCUT2D eigenvalue weighted by molar-refractivity contribution is 5.97. The van der Waals surface area contributed by atoms with Crippen LogP contribution in [0.15, 0.2) is 22.6 Å². The minimum Gasteiger partial charge on any atom is -0.441 e. The number of carbonyl (C=O) groups excluding carboxylic acids is 1. The highest BCUT2D eigenvalue weighted by Gasteiger charge is 2.27. The maximum atomic E-state index is 12.9. The third-order valence-corrected chi connectivity index (χ3v) is 4.67. The molecule has 0 unspecified atom stereocenters. The van der Waals surface area contributed by atoms with Crippen LogP contribution in [0.3, 0.4) is 0 Å². The predicted molar refractivity (Wildman–Crippen MR) is 93.2 cm³/mol. The summed E-state index contributed by atoms with van der Waals surface area (Å²) in [5, 5.41) is 0.